The molecule has 4 nitrogen and oxygen atoms in total. The molecule has 0 amide bonds. The second kappa shape index (κ2) is 4.69. The average Bonchev–Trinajstić information content (AvgIpc) is 3.27. The lowest BCUT2D eigenvalue weighted by molar-refractivity contribution is 0.0281. The summed E-state index contributed by atoms with van der Waals surface area (Å²) < 4.78 is 11.1. The van der Waals surface area contributed by atoms with Crippen LogP contribution in [0.2, 0.25) is 0 Å². The van der Waals surface area contributed by atoms with Gasteiger partial charge in [0.25, 0.3) is 0 Å². The number of aliphatic hydroxyl groups excluding tert-OH is 1. The number of aliphatic hydroxyl groups is 1. The molecule has 2 aromatic rings. The van der Waals surface area contributed by atoms with Gasteiger partial charge in [-0.3, -0.25) is 4.79 Å². The van der Waals surface area contributed by atoms with Gasteiger partial charge in [-0.1, -0.05) is 42.5 Å². The number of epoxide rings is 1. The molecule has 1 N–H and O–H groups in total. The van der Waals surface area contributed by atoms with Gasteiger partial charge in [-0.15, -0.1) is 0 Å². The fourth-order valence-corrected chi connectivity index (χ4v) is 2.81. The number of fused-ring (bicyclic) bond motifs is 1. The highest BCUT2D eigenvalue weighted by Crippen LogP contribution is 2.43. The molecule has 0 radical (unpaired) electrons. The highest BCUT2D eigenvalue weighted by Gasteiger charge is 2.52. The fraction of sp³-hybridized carbons (Fsp3) is 0.235. The van der Waals surface area contributed by atoms with E-state index in [1.807, 2.05) is 30.3 Å². The van der Waals surface area contributed by atoms with Gasteiger partial charge in [-0.05, 0) is 17.7 Å². The monoisotopic (exact) mass is 282 g/mol. The van der Waals surface area contributed by atoms with Gasteiger partial charge >= 0.3 is 0 Å². The lowest BCUT2D eigenvalue weighted by Gasteiger charge is -2.14. The van der Waals surface area contributed by atoms with Crippen LogP contribution in [-0.2, 0) is 4.74 Å². The van der Waals surface area contributed by atoms with Crippen molar-refractivity contribution in [2.24, 2.45) is 0 Å². The number of Topliss-reactive ketones (excluding diaryl/α,β-unsaturated/α-hetero) is 1. The van der Waals surface area contributed by atoms with E-state index >= 15 is 0 Å². The lowest BCUT2D eigenvalue weighted by atomic mass is 9.99. The van der Waals surface area contributed by atoms with Gasteiger partial charge < -0.3 is 14.6 Å². The molecule has 0 bridgehead atoms. The summed E-state index contributed by atoms with van der Waals surface area (Å²) in [7, 11) is 0. The molecule has 2 unspecified atom stereocenters. The lowest BCUT2D eigenvalue weighted by Crippen LogP contribution is -2.38. The summed E-state index contributed by atoms with van der Waals surface area (Å²) in [4.78, 5) is 12.3. The summed E-state index contributed by atoms with van der Waals surface area (Å²) in [5, 5.41) is 10.4. The van der Waals surface area contributed by atoms with Gasteiger partial charge in [0, 0.05) is 0 Å². The zero-order valence-corrected chi connectivity index (χ0v) is 11.2. The maximum Gasteiger partial charge on any atom is 0.209 e. The minimum atomic E-state index is -0.963. The smallest absolute Gasteiger partial charge is 0.209 e. The minimum absolute atomic E-state index is 0.165. The largest absolute Gasteiger partial charge is 0.479 e. The third-order valence-corrected chi connectivity index (χ3v) is 3.97. The number of hydrogen-bond acceptors (Lipinski definition) is 4. The summed E-state index contributed by atoms with van der Waals surface area (Å²) in [6.45, 7) is 0. The van der Waals surface area contributed by atoms with E-state index in [1.54, 1.807) is 24.3 Å². The molecular formula is C17H14O4. The van der Waals surface area contributed by atoms with E-state index in [-0.39, 0.29) is 11.9 Å². The number of hydrogen-bond donors (Lipinski definition) is 1. The standard InChI is InChI=1S/C17H14O4/c18-13-11-8-4-5-9-12(11)20-16(13)14(19)17-15(21-17)10-6-2-1-3-7-10/h1-9,14-17,19H/t14?,15-,16?,17+/m0/s1. The zero-order valence-electron chi connectivity index (χ0n) is 11.2. The second-order valence-corrected chi connectivity index (χ2v) is 5.32. The molecule has 21 heavy (non-hydrogen) atoms. The van der Waals surface area contributed by atoms with Gasteiger partial charge in [-0.25, -0.2) is 0 Å². The molecule has 0 aliphatic carbocycles. The van der Waals surface area contributed by atoms with Crippen molar-refractivity contribution < 1.29 is 19.4 Å². The molecule has 2 aliphatic rings. The highest BCUT2D eigenvalue weighted by molar-refractivity contribution is 6.04. The van der Waals surface area contributed by atoms with Crippen LogP contribution in [0.1, 0.15) is 22.0 Å². The summed E-state index contributed by atoms with van der Waals surface area (Å²) in [5.74, 6) is 0.351. The van der Waals surface area contributed by atoms with Crippen molar-refractivity contribution >= 4 is 5.78 Å². The Balaban J connectivity index is 1.51. The summed E-state index contributed by atoms with van der Waals surface area (Å²) in [6.07, 6.45) is -2.40. The first-order valence-corrected chi connectivity index (χ1v) is 6.94. The molecule has 2 heterocycles. The molecule has 1 fully saturated rings. The van der Waals surface area contributed by atoms with E-state index < -0.39 is 18.3 Å². The molecule has 0 saturated carbocycles. The first-order chi connectivity index (χ1) is 10.3. The number of benzene rings is 2. The van der Waals surface area contributed by atoms with Gasteiger partial charge in [0.15, 0.2) is 6.10 Å². The summed E-state index contributed by atoms with van der Waals surface area (Å²) in [6, 6.07) is 16.7. The van der Waals surface area contributed by atoms with E-state index in [0.717, 1.165) is 5.56 Å². The summed E-state index contributed by atoms with van der Waals surface area (Å²) in [5.41, 5.74) is 1.53. The van der Waals surface area contributed by atoms with Gasteiger partial charge in [0.05, 0.1) is 5.56 Å². The Kier molecular flexibility index (Phi) is 2.80. The Labute approximate surface area is 121 Å². The predicted octanol–water partition coefficient (Wildman–Crippen LogP) is 2.13. The summed E-state index contributed by atoms with van der Waals surface area (Å²) >= 11 is 0. The molecule has 4 atom stereocenters. The highest BCUT2D eigenvalue weighted by atomic mass is 16.6. The van der Waals surface area contributed by atoms with Crippen LogP contribution in [0.25, 0.3) is 0 Å². The quantitative estimate of drug-likeness (QED) is 0.876. The van der Waals surface area contributed by atoms with Crippen molar-refractivity contribution in [3.8, 4) is 5.75 Å². The van der Waals surface area contributed by atoms with Crippen LogP contribution in [-0.4, -0.2) is 29.2 Å². The maximum atomic E-state index is 12.3. The van der Waals surface area contributed by atoms with Gasteiger partial charge in [0.2, 0.25) is 5.78 Å². The first-order valence-electron chi connectivity index (χ1n) is 6.94. The third kappa shape index (κ3) is 2.04. The van der Waals surface area contributed by atoms with Crippen LogP contribution in [0.5, 0.6) is 5.75 Å². The van der Waals surface area contributed by atoms with Crippen LogP contribution in [0.15, 0.2) is 54.6 Å². The van der Waals surface area contributed by atoms with E-state index in [2.05, 4.69) is 0 Å². The number of carbonyl (C=O) groups excluding carboxylic acids is 1. The van der Waals surface area contributed by atoms with E-state index in [1.165, 1.54) is 0 Å². The van der Waals surface area contributed by atoms with Crippen LogP contribution in [0.3, 0.4) is 0 Å². The molecule has 106 valence electrons. The second-order valence-electron chi connectivity index (χ2n) is 5.32. The molecule has 0 aromatic heterocycles. The van der Waals surface area contributed by atoms with Crippen LogP contribution in [0, 0.1) is 0 Å². The molecule has 2 aliphatic heterocycles. The Morgan fingerprint density at radius 2 is 1.71 bits per heavy atom. The Hall–Kier alpha value is -2.17. The van der Waals surface area contributed by atoms with E-state index in [9.17, 15) is 9.90 Å². The molecule has 4 rings (SSSR count). The maximum absolute atomic E-state index is 12.3. The van der Waals surface area contributed by atoms with Crippen molar-refractivity contribution in [1.82, 2.24) is 0 Å². The Morgan fingerprint density at radius 1 is 1.00 bits per heavy atom. The predicted molar refractivity (Wildman–Crippen MR) is 75.3 cm³/mol. The van der Waals surface area contributed by atoms with Crippen molar-refractivity contribution in [3.63, 3.8) is 0 Å². The van der Waals surface area contributed by atoms with Crippen molar-refractivity contribution in [1.29, 1.82) is 0 Å². The number of ketones is 1. The number of para-hydroxylation sites is 1. The minimum Gasteiger partial charge on any atom is -0.479 e. The van der Waals surface area contributed by atoms with Crippen molar-refractivity contribution in [2.75, 3.05) is 0 Å². The molecule has 1 saturated heterocycles. The topological polar surface area (TPSA) is 59.1 Å². The zero-order chi connectivity index (χ0) is 14.4. The van der Waals surface area contributed by atoms with E-state index in [0.29, 0.717) is 11.3 Å². The van der Waals surface area contributed by atoms with Crippen LogP contribution in [0.4, 0.5) is 0 Å². The molecular weight excluding hydrogens is 268 g/mol. The first kappa shape index (κ1) is 12.6. The molecule has 0 spiro atoms. The van der Waals surface area contributed by atoms with Crippen molar-refractivity contribution in [2.45, 2.75) is 24.4 Å². The number of rotatable bonds is 3. The molecule has 4 heteroatoms. The average molecular weight is 282 g/mol. The Morgan fingerprint density at radius 3 is 2.48 bits per heavy atom. The van der Waals surface area contributed by atoms with Gasteiger partial charge in [0.1, 0.15) is 24.1 Å². The van der Waals surface area contributed by atoms with Crippen LogP contribution < -0.4 is 4.74 Å². The van der Waals surface area contributed by atoms with E-state index in [4.69, 9.17) is 9.47 Å². The Bertz CT molecular complexity index is 682. The normalized spacial score (nSPS) is 27.9. The molecule has 2 aromatic carbocycles. The fourth-order valence-electron chi connectivity index (χ4n) is 2.81. The number of carbonyl (C=O) groups is 1. The van der Waals surface area contributed by atoms with Crippen molar-refractivity contribution in [3.05, 3.63) is 65.7 Å². The SMILES string of the molecule is O=C1c2ccccc2OC1C(O)[C@H]1O[C@H]1c1ccccc1. The third-order valence-electron chi connectivity index (χ3n) is 3.97. The number of ether oxygens (including phenoxy) is 2. The van der Waals surface area contributed by atoms with Crippen LogP contribution >= 0.6 is 0 Å². The van der Waals surface area contributed by atoms with Gasteiger partial charge in [-0.2, -0.15) is 0 Å².